The molecule has 5 nitrogen and oxygen atoms in total. The summed E-state index contributed by atoms with van der Waals surface area (Å²) in [6.45, 7) is 7.59. The smallest absolute Gasteiger partial charge is 0.408 e. The van der Waals surface area contributed by atoms with Crippen molar-refractivity contribution in [3.8, 4) is 0 Å². The molecule has 2 fully saturated rings. The third kappa shape index (κ3) is 4.15. The predicted octanol–water partition coefficient (Wildman–Crippen LogP) is 4.37. The van der Waals surface area contributed by atoms with E-state index in [9.17, 15) is 9.90 Å². The summed E-state index contributed by atoms with van der Waals surface area (Å²) in [5.74, 6) is 0.219. The normalized spacial score (nSPS) is 20.8. The average Bonchev–Trinajstić information content (AvgIpc) is 3.01. The first-order chi connectivity index (χ1) is 11.8. The first-order valence-corrected chi connectivity index (χ1v) is 9.16. The highest BCUT2D eigenvalue weighted by molar-refractivity contribution is 5.66. The Bertz CT molecular complexity index is 589. The van der Waals surface area contributed by atoms with Crippen molar-refractivity contribution in [3.63, 3.8) is 0 Å². The molecular formula is C20H29NO4. The average molecular weight is 347 g/mol. The van der Waals surface area contributed by atoms with Crippen LogP contribution in [0.2, 0.25) is 0 Å². The Morgan fingerprint density at radius 1 is 1.16 bits per heavy atom. The molecule has 1 aromatic carbocycles. The van der Waals surface area contributed by atoms with E-state index in [1.54, 1.807) is 0 Å². The summed E-state index contributed by atoms with van der Waals surface area (Å²) in [5, 5.41) is 9.43. The molecule has 0 unspecified atom stereocenters. The molecule has 1 aliphatic heterocycles. The van der Waals surface area contributed by atoms with Crippen molar-refractivity contribution in [1.82, 2.24) is 4.90 Å². The van der Waals surface area contributed by atoms with E-state index in [1.807, 2.05) is 20.8 Å². The molecule has 1 saturated heterocycles. The van der Waals surface area contributed by atoms with Gasteiger partial charge in [-0.05, 0) is 50.7 Å². The Balaban J connectivity index is 1.62. The van der Waals surface area contributed by atoms with Crippen LogP contribution in [0.4, 0.5) is 4.79 Å². The van der Waals surface area contributed by atoms with E-state index in [-0.39, 0.29) is 5.79 Å². The molecule has 0 bridgehead atoms. The third-order valence-electron chi connectivity index (χ3n) is 5.39. The molecule has 5 heteroatoms. The number of benzene rings is 1. The van der Waals surface area contributed by atoms with Crippen LogP contribution in [0.5, 0.6) is 0 Å². The summed E-state index contributed by atoms with van der Waals surface area (Å²) >= 11 is 0. The first kappa shape index (κ1) is 18.2. The van der Waals surface area contributed by atoms with Gasteiger partial charge in [0, 0.05) is 24.9 Å². The van der Waals surface area contributed by atoms with Crippen LogP contribution in [0.3, 0.4) is 0 Å². The van der Waals surface area contributed by atoms with Crippen molar-refractivity contribution in [2.75, 3.05) is 13.2 Å². The van der Waals surface area contributed by atoms with Gasteiger partial charge in [-0.1, -0.05) is 24.3 Å². The Labute approximate surface area is 149 Å². The zero-order chi connectivity index (χ0) is 18.1. The standard InChI is InChI=1S/C20H29NO4/c1-19(2,3)21(18(22)23)14-15-4-6-16(7-5-15)17-8-10-20(11-9-17)24-12-13-25-20/h4-7,17H,8-14H2,1-3H3,(H,22,23). The summed E-state index contributed by atoms with van der Waals surface area (Å²) in [7, 11) is 0. The maximum atomic E-state index is 11.5. The van der Waals surface area contributed by atoms with E-state index in [4.69, 9.17) is 9.47 Å². The number of ether oxygens (including phenoxy) is 2. The Hall–Kier alpha value is -1.59. The van der Waals surface area contributed by atoms with Gasteiger partial charge in [-0.3, -0.25) is 4.90 Å². The molecule has 2 aliphatic rings. The number of amides is 1. The lowest BCUT2D eigenvalue weighted by molar-refractivity contribution is -0.178. The van der Waals surface area contributed by atoms with Gasteiger partial charge < -0.3 is 14.6 Å². The van der Waals surface area contributed by atoms with Crippen molar-refractivity contribution < 1.29 is 19.4 Å². The molecule has 138 valence electrons. The van der Waals surface area contributed by atoms with Crippen LogP contribution in [0.25, 0.3) is 0 Å². The second kappa shape index (κ2) is 6.96. The summed E-state index contributed by atoms with van der Waals surface area (Å²) in [6.07, 6.45) is 3.17. The molecule has 3 rings (SSSR count). The van der Waals surface area contributed by atoms with E-state index in [0.717, 1.165) is 31.2 Å². The SMILES string of the molecule is CC(C)(C)N(Cc1ccc(C2CCC3(CC2)OCCO3)cc1)C(=O)O. The monoisotopic (exact) mass is 347 g/mol. The fourth-order valence-corrected chi connectivity index (χ4v) is 3.85. The summed E-state index contributed by atoms with van der Waals surface area (Å²) in [6, 6.07) is 8.42. The summed E-state index contributed by atoms with van der Waals surface area (Å²) < 4.78 is 11.6. The van der Waals surface area contributed by atoms with Crippen LogP contribution < -0.4 is 0 Å². The van der Waals surface area contributed by atoms with Crippen LogP contribution in [0.15, 0.2) is 24.3 Å². The van der Waals surface area contributed by atoms with Crippen molar-refractivity contribution in [2.45, 2.75) is 70.2 Å². The number of hydrogen-bond acceptors (Lipinski definition) is 3. The second-order valence-electron chi connectivity index (χ2n) is 8.16. The molecule has 0 aromatic heterocycles. The molecule has 1 heterocycles. The molecule has 1 amide bonds. The van der Waals surface area contributed by atoms with Crippen LogP contribution in [0.1, 0.15) is 63.5 Å². The van der Waals surface area contributed by atoms with Crippen LogP contribution in [0, 0.1) is 0 Å². The van der Waals surface area contributed by atoms with Gasteiger partial charge in [0.1, 0.15) is 0 Å². The molecule has 0 atom stereocenters. The van der Waals surface area contributed by atoms with Gasteiger partial charge in [-0.2, -0.15) is 0 Å². The summed E-state index contributed by atoms with van der Waals surface area (Å²) in [4.78, 5) is 13.0. The van der Waals surface area contributed by atoms with Crippen LogP contribution in [-0.2, 0) is 16.0 Å². The van der Waals surface area contributed by atoms with Gasteiger partial charge in [0.2, 0.25) is 0 Å². The molecule has 1 saturated carbocycles. The zero-order valence-corrected chi connectivity index (χ0v) is 15.5. The number of carboxylic acid groups (broad SMARTS) is 1. The number of nitrogens with zero attached hydrogens (tertiary/aromatic N) is 1. The van der Waals surface area contributed by atoms with Crippen molar-refractivity contribution in [3.05, 3.63) is 35.4 Å². The lowest BCUT2D eigenvalue weighted by atomic mass is 9.81. The molecular weight excluding hydrogens is 318 g/mol. The topological polar surface area (TPSA) is 59.0 Å². The Morgan fingerprint density at radius 2 is 1.72 bits per heavy atom. The molecule has 1 aliphatic carbocycles. The van der Waals surface area contributed by atoms with Crippen molar-refractivity contribution in [2.24, 2.45) is 0 Å². The minimum Gasteiger partial charge on any atom is -0.465 e. The van der Waals surface area contributed by atoms with Gasteiger partial charge in [0.15, 0.2) is 5.79 Å². The second-order valence-corrected chi connectivity index (χ2v) is 8.16. The molecule has 1 aromatic rings. The van der Waals surface area contributed by atoms with E-state index in [0.29, 0.717) is 25.7 Å². The van der Waals surface area contributed by atoms with E-state index in [2.05, 4.69) is 24.3 Å². The van der Waals surface area contributed by atoms with Crippen molar-refractivity contribution >= 4 is 6.09 Å². The van der Waals surface area contributed by atoms with Gasteiger partial charge >= 0.3 is 6.09 Å². The largest absolute Gasteiger partial charge is 0.465 e. The fourth-order valence-electron chi connectivity index (χ4n) is 3.85. The first-order valence-electron chi connectivity index (χ1n) is 9.16. The highest BCUT2D eigenvalue weighted by Gasteiger charge is 2.40. The molecule has 1 N–H and O–H groups in total. The Morgan fingerprint density at radius 3 is 2.20 bits per heavy atom. The number of carbonyl (C=O) groups is 1. The Kier molecular flexibility index (Phi) is 5.07. The zero-order valence-electron chi connectivity index (χ0n) is 15.5. The maximum Gasteiger partial charge on any atom is 0.408 e. The number of hydrogen-bond donors (Lipinski definition) is 1. The van der Waals surface area contributed by atoms with E-state index >= 15 is 0 Å². The van der Waals surface area contributed by atoms with Crippen LogP contribution in [-0.4, -0.2) is 40.6 Å². The minimum absolute atomic E-state index is 0.314. The van der Waals surface area contributed by atoms with E-state index in [1.165, 1.54) is 10.5 Å². The fraction of sp³-hybridized carbons (Fsp3) is 0.650. The maximum absolute atomic E-state index is 11.5. The molecule has 0 radical (unpaired) electrons. The third-order valence-corrected chi connectivity index (χ3v) is 5.39. The lowest BCUT2D eigenvalue weighted by Gasteiger charge is -2.35. The van der Waals surface area contributed by atoms with Crippen molar-refractivity contribution in [1.29, 1.82) is 0 Å². The molecule has 1 spiro atoms. The highest BCUT2D eigenvalue weighted by Crippen LogP contribution is 2.42. The van der Waals surface area contributed by atoms with Gasteiger partial charge in [0.25, 0.3) is 0 Å². The quantitative estimate of drug-likeness (QED) is 0.882. The lowest BCUT2D eigenvalue weighted by Crippen LogP contribution is -2.44. The predicted molar refractivity (Wildman–Crippen MR) is 95.6 cm³/mol. The minimum atomic E-state index is -0.884. The highest BCUT2D eigenvalue weighted by atomic mass is 16.7. The number of rotatable bonds is 3. The van der Waals surface area contributed by atoms with Crippen LogP contribution >= 0.6 is 0 Å². The van der Waals surface area contributed by atoms with E-state index < -0.39 is 11.6 Å². The van der Waals surface area contributed by atoms with Gasteiger partial charge in [0.05, 0.1) is 13.2 Å². The van der Waals surface area contributed by atoms with Gasteiger partial charge in [-0.15, -0.1) is 0 Å². The molecule has 25 heavy (non-hydrogen) atoms. The van der Waals surface area contributed by atoms with Gasteiger partial charge in [-0.25, -0.2) is 4.79 Å². The summed E-state index contributed by atoms with van der Waals surface area (Å²) in [5.41, 5.74) is 1.94.